The molecule has 1 N–H and O–H groups in total. The smallest absolute Gasteiger partial charge is 0.132 e. The molecule has 1 aliphatic carbocycles. The van der Waals surface area contributed by atoms with Gasteiger partial charge >= 0.3 is 0 Å². The maximum absolute atomic E-state index is 5.91. The number of rotatable bonds is 3. The van der Waals surface area contributed by atoms with E-state index in [2.05, 4.69) is 23.3 Å². The Morgan fingerprint density at radius 3 is 3.00 bits per heavy atom. The molecule has 0 radical (unpaired) electrons. The minimum atomic E-state index is 0.601. The zero-order valence-corrected chi connectivity index (χ0v) is 10.7. The summed E-state index contributed by atoms with van der Waals surface area (Å²) in [7, 11) is 0. The molecule has 0 aliphatic heterocycles. The third-order valence-electron chi connectivity index (χ3n) is 3.55. The number of hydrogen-bond donors (Lipinski definition) is 1. The van der Waals surface area contributed by atoms with Gasteiger partial charge in [-0.05, 0) is 37.3 Å². The van der Waals surface area contributed by atoms with Crippen molar-refractivity contribution in [1.82, 2.24) is 4.98 Å². The van der Waals surface area contributed by atoms with E-state index in [0.717, 1.165) is 17.2 Å². The average Bonchev–Trinajstić information content (AvgIpc) is 2.71. The minimum absolute atomic E-state index is 0.601. The van der Waals surface area contributed by atoms with Gasteiger partial charge in [-0.1, -0.05) is 31.4 Å². The first-order valence-electron chi connectivity index (χ1n) is 6.09. The molecule has 2 atom stereocenters. The Morgan fingerprint density at radius 2 is 2.31 bits per heavy atom. The predicted octanol–water partition coefficient (Wildman–Crippen LogP) is 4.03. The van der Waals surface area contributed by atoms with Gasteiger partial charge in [0, 0.05) is 6.04 Å². The minimum Gasteiger partial charge on any atom is -0.381 e. The van der Waals surface area contributed by atoms with Crippen molar-refractivity contribution in [2.45, 2.75) is 45.6 Å². The second kappa shape index (κ2) is 5.05. The number of nitrogens with zero attached hydrogens (tertiary/aromatic N) is 1. The third kappa shape index (κ3) is 2.49. The molecule has 1 aliphatic rings. The topological polar surface area (TPSA) is 24.9 Å². The Hall–Kier alpha value is -0.760. The highest BCUT2D eigenvalue weighted by atomic mass is 35.5. The van der Waals surface area contributed by atoms with Crippen molar-refractivity contribution < 1.29 is 0 Å². The highest BCUT2D eigenvalue weighted by Crippen LogP contribution is 2.31. The number of aromatic nitrogens is 1. The molecule has 1 aromatic rings. The van der Waals surface area contributed by atoms with E-state index >= 15 is 0 Å². The fraction of sp³-hybridized carbons (Fsp3) is 0.615. The van der Waals surface area contributed by atoms with Crippen molar-refractivity contribution >= 4 is 17.3 Å². The maximum atomic E-state index is 5.91. The molecule has 0 spiro atoms. The fourth-order valence-corrected chi connectivity index (χ4v) is 2.67. The van der Waals surface area contributed by atoms with Gasteiger partial charge in [0.1, 0.15) is 5.15 Å². The highest BCUT2D eigenvalue weighted by Gasteiger charge is 2.25. The zero-order valence-electron chi connectivity index (χ0n) is 9.96. The number of halogens is 1. The van der Waals surface area contributed by atoms with Gasteiger partial charge in [0.05, 0.1) is 11.9 Å². The van der Waals surface area contributed by atoms with E-state index in [0.29, 0.717) is 11.2 Å². The van der Waals surface area contributed by atoms with E-state index in [4.69, 9.17) is 11.6 Å². The van der Waals surface area contributed by atoms with Crippen molar-refractivity contribution in [1.29, 1.82) is 0 Å². The van der Waals surface area contributed by atoms with Crippen LogP contribution < -0.4 is 5.32 Å². The molecular weight excluding hydrogens is 220 g/mol. The van der Waals surface area contributed by atoms with Gasteiger partial charge in [-0.2, -0.15) is 0 Å². The van der Waals surface area contributed by atoms with E-state index in [1.54, 1.807) is 0 Å². The molecule has 16 heavy (non-hydrogen) atoms. The summed E-state index contributed by atoms with van der Waals surface area (Å²) in [5, 5.41) is 4.19. The Labute approximate surface area is 102 Å². The quantitative estimate of drug-likeness (QED) is 0.805. The van der Waals surface area contributed by atoms with E-state index in [9.17, 15) is 0 Å². The summed E-state index contributed by atoms with van der Waals surface area (Å²) in [6.45, 7) is 4.27. The molecule has 88 valence electrons. The summed E-state index contributed by atoms with van der Waals surface area (Å²) < 4.78 is 0. The number of nitrogens with one attached hydrogen (secondary N) is 1. The van der Waals surface area contributed by atoms with Crippen LogP contribution in [0.4, 0.5) is 5.69 Å². The van der Waals surface area contributed by atoms with Crippen LogP contribution in [0.15, 0.2) is 12.3 Å². The van der Waals surface area contributed by atoms with E-state index in [-0.39, 0.29) is 0 Å². The number of aryl methyl sites for hydroxylation is 1. The van der Waals surface area contributed by atoms with E-state index < -0.39 is 0 Å². The molecular formula is C13H19ClN2. The molecule has 0 aromatic carbocycles. The third-order valence-corrected chi connectivity index (χ3v) is 3.95. The summed E-state index contributed by atoms with van der Waals surface area (Å²) in [6.07, 6.45) is 7.07. The van der Waals surface area contributed by atoms with Crippen LogP contribution in [0.5, 0.6) is 0 Å². The van der Waals surface area contributed by atoms with E-state index in [1.807, 2.05) is 13.1 Å². The van der Waals surface area contributed by atoms with Crippen molar-refractivity contribution in [2.24, 2.45) is 5.92 Å². The first-order chi connectivity index (χ1) is 7.70. The molecule has 2 rings (SSSR count). The van der Waals surface area contributed by atoms with Crippen molar-refractivity contribution in [2.75, 3.05) is 5.32 Å². The second-order valence-corrected chi connectivity index (χ2v) is 5.04. The molecule has 0 amide bonds. The average molecular weight is 239 g/mol. The van der Waals surface area contributed by atoms with Crippen LogP contribution >= 0.6 is 11.6 Å². The lowest BCUT2D eigenvalue weighted by Gasteiger charge is -2.20. The molecule has 1 saturated carbocycles. The Balaban J connectivity index is 2.05. The molecule has 1 heterocycles. The Morgan fingerprint density at radius 1 is 1.50 bits per heavy atom. The van der Waals surface area contributed by atoms with Crippen molar-refractivity contribution in [3.05, 3.63) is 23.0 Å². The second-order valence-electron chi connectivity index (χ2n) is 4.68. The molecule has 0 saturated heterocycles. The van der Waals surface area contributed by atoms with E-state index in [1.165, 1.54) is 25.7 Å². The van der Waals surface area contributed by atoms with Gasteiger partial charge in [-0.3, -0.25) is 0 Å². The van der Waals surface area contributed by atoms with Gasteiger partial charge in [-0.25, -0.2) is 4.98 Å². The summed E-state index contributed by atoms with van der Waals surface area (Å²) in [6, 6.07) is 2.70. The van der Waals surface area contributed by atoms with Crippen LogP contribution in [0.1, 0.15) is 38.2 Å². The largest absolute Gasteiger partial charge is 0.381 e. The molecule has 2 unspecified atom stereocenters. The standard InChI is InChI=1S/C13H19ClN2/c1-3-10-5-4-6-12(10)16-11-7-9(2)13(14)15-8-11/h7-8,10,12,16H,3-6H2,1-2H3. The fourth-order valence-electron chi connectivity index (χ4n) is 2.57. The normalized spacial score (nSPS) is 24.7. The summed E-state index contributed by atoms with van der Waals surface area (Å²) in [5.74, 6) is 0.816. The van der Waals surface area contributed by atoms with Gasteiger partial charge in [-0.15, -0.1) is 0 Å². The van der Waals surface area contributed by atoms with Crippen molar-refractivity contribution in [3.63, 3.8) is 0 Å². The van der Waals surface area contributed by atoms with Crippen LogP contribution in [0.3, 0.4) is 0 Å². The van der Waals surface area contributed by atoms with Gasteiger partial charge < -0.3 is 5.32 Å². The van der Waals surface area contributed by atoms with Gasteiger partial charge in [0.15, 0.2) is 0 Å². The molecule has 3 heteroatoms. The van der Waals surface area contributed by atoms with Crippen LogP contribution in [0, 0.1) is 12.8 Å². The number of hydrogen-bond acceptors (Lipinski definition) is 2. The summed E-state index contributed by atoms with van der Waals surface area (Å²) in [5.41, 5.74) is 2.14. The first-order valence-corrected chi connectivity index (χ1v) is 6.47. The SMILES string of the molecule is CCC1CCCC1Nc1cnc(Cl)c(C)c1. The maximum Gasteiger partial charge on any atom is 0.132 e. The van der Waals surface area contributed by atoms with Crippen LogP contribution in [-0.2, 0) is 0 Å². The molecule has 2 nitrogen and oxygen atoms in total. The van der Waals surface area contributed by atoms with Crippen molar-refractivity contribution in [3.8, 4) is 0 Å². The first kappa shape index (κ1) is 11.7. The summed E-state index contributed by atoms with van der Waals surface area (Å²) in [4.78, 5) is 4.17. The van der Waals surface area contributed by atoms with Gasteiger partial charge in [0.25, 0.3) is 0 Å². The highest BCUT2D eigenvalue weighted by molar-refractivity contribution is 6.30. The summed E-state index contributed by atoms with van der Waals surface area (Å²) >= 11 is 5.91. The predicted molar refractivity (Wildman–Crippen MR) is 69.0 cm³/mol. The number of anilines is 1. The lowest BCUT2D eigenvalue weighted by Crippen LogP contribution is -2.23. The Kier molecular flexibility index (Phi) is 3.70. The molecule has 1 aromatic heterocycles. The van der Waals surface area contributed by atoms with Crippen LogP contribution in [0.25, 0.3) is 0 Å². The molecule has 0 bridgehead atoms. The molecule has 1 fully saturated rings. The number of pyridine rings is 1. The monoisotopic (exact) mass is 238 g/mol. The van der Waals surface area contributed by atoms with Crippen LogP contribution in [-0.4, -0.2) is 11.0 Å². The van der Waals surface area contributed by atoms with Crippen LogP contribution in [0.2, 0.25) is 5.15 Å². The zero-order chi connectivity index (χ0) is 11.5. The lowest BCUT2D eigenvalue weighted by atomic mass is 10.0. The lowest BCUT2D eigenvalue weighted by molar-refractivity contribution is 0.489. The van der Waals surface area contributed by atoms with Gasteiger partial charge in [0.2, 0.25) is 0 Å². The Bertz CT molecular complexity index is 365.